The Kier molecular flexibility index (Phi) is 9.29. The fourth-order valence-electron chi connectivity index (χ4n) is 5.46. The molecule has 4 aromatic rings. The van der Waals surface area contributed by atoms with Gasteiger partial charge in [-0.2, -0.15) is 4.39 Å². The van der Waals surface area contributed by atoms with Crippen molar-refractivity contribution in [2.45, 2.75) is 38.8 Å². The van der Waals surface area contributed by atoms with Crippen molar-refractivity contribution >= 4 is 23.5 Å². The van der Waals surface area contributed by atoms with Crippen LogP contribution in [-0.2, 0) is 22.6 Å². The molecule has 2 atom stereocenters. The van der Waals surface area contributed by atoms with E-state index in [0.717, 1.165) is 22.3 Å². The lowest BCUT2D eigenvalue weighted by molar-refractivity contribution is -0.142. The van der Waals surface area contributed by atoms with Crippen molar-refractivity contribution in [3.63, 3.8) is 0 Å². The van der Waals surface area contributed by atoms with E-state index in [4.69, 9.17) is 0 Å². The molecule has 1 aliphatic heterocycles. The molecule has 3 aromatic carbocycles. The summed E-state index contributed by atoms with van der Waals surface area (Å²) in [7, 11) is 1.77. The van der Waals surface area contributed by atoms with Crippen LogP contribution in [-0.4, -0.2) is 53.1 Å². The van der Waals surface area contributed by atoms with Crippen LogP contribution < -0.4 is 15.1 Å². The van der Waals surface area contributed by atoms with Crippen molar-refractivity contribution in [3.05, 3.63) is 108 Å². The zero-order valence-electron chi connectivity index (χ0n) is 24.4. The van der Waals surface area contributed by atoms with Crippen LogP contribution in [0.2, 0.25) is 0 Å². The maximum atomic E-state index is 15.7. The van der Waals surface area contributed by atoms with Crippen LogP contribution in [0.4, 0.5) is 16.0 Å². The van der Waals surface area contributed by atoms with Gasteiger partial charge in [0.1, 0.15) is 12.4 Å². The Hall–Kier alpha value is -4.79. The number of carboxylic acids is 1. The van der Waals surface area contributed by atoms with Gasteiger partial charge in [0.2, 0.25) is 11.7 Å². The fraction of sp³-hybridized carbons (Fsp3) is 0.294. The number of anilines is 2. The number of hydrogen-bond acceptors (Lipinski definition) is 6. The highest BCUT2D eigenvalue weighted by atomic mass is 19.1. The van der Waals surface area contributed by atoms with Crippen molar-refractivity contribution in [1.29, 1.82) is 0 Å². The molecule has 0 bridgehead atoms. The van der Waals surface area contributed by atoms with Crippen LogP contribution in [0.1, 0.15) is 29.5 Å². The average molecular weight is 582 g/mol. The second kappa shape index (κ2) is 13.5. The number of nitrogens with one attached hydrogen (secondary N) is 1. The Morgan fingerprint density at radius 3 is 2.35 bits per heavy atom. The largest absolute Gasteiger partial charge is 0.480 e. The second-order valence-corrected chi connectivity index (χ2v) is 11.1. The molecule has 43 heavy (non-hydrogen) atoms. The minimum Gasteiger partial charge on any atom is -0.480 e. The summed E-state index contributed by atoms with van der Waals surface area (Å²) in [5.74, 6) is -2.18. The highest BCUT2D eigenvalue weighted by Crippen LogP contribution is 2.29. The predicted octanol–water partition coefficient (Wildman–Crippen LogP) is 5.26. The molecule has 1 fully saturated rings. The van der Waals surface area contributed by atoms with Crippen LogP contribution in [0.3, 0.4) is 0 Å². The quantitative estimate of drug-likeness (QED) is 0.264. The molecule has 2 N–H and O–H groups in total. The lowest BCUT2D eigenvalue weighted by Gasteiger charge is -2.34. The van der Waals surface area contributed by atoms with Crippen LogP contribution in [0.25, 0.3) is 11.1 Å². The van der Waals surface area contributed by atoms with Gasteiger partial charge in [-0.1, -0.05) is 84.4 Å². The molecule has 0 aliphatic carbocycles. The van der Waals surface area contributed by atoms with Crippen LogP contribution in [0.15, 0.2) is 85.2 Å². The zero-order chi connectivity index (χ0) is 30.3. The molecular weight excluding hydrogens is 545 g/mol. The fourth-order valence-corrected chi connectivity index (χ4v) is 5.46. The summed E-state index contributed by atoms with van der Waals surface area (Å²) < 4.78 is 15.7. The van der Waals surface area contributed by atoms with E-state index in [9.17, 15) is 14.7 Å². The number of piperidine rings is 1. The van der Waals surface area contributed by atoms with E-state index in [0.29, 0.717) is 25.9 Å². The Morgan fingerprint density at radius 2 is 1.67 bits per heavy atom. The predicted molar refractivity (Wildman–Crippen MR) is 165 cm³/mol. The number of carbonyl (C=O) groups excluding carboxylic acids is 1. The molecular formula is C34H36FN5O3. The van der Waals surface area contributed by atoms with Gasteiger partial charge >= 0.3 is 5.97 Å². The van der Waals surface area contributed by atoms with E-state index >= 15 is 4.39 Å². The topological polar surface area (TPSA) is 98.7 Å². The molecule has 9 heteroatoms. The maximum absolute atomic E-state index is 15.7. The van der Waals surface area contributed by atoms with Crippen LogP contribution in [0.5, 0.6) is 0 Å². The number of aliphatic carboxylic acids is 1. The SMILES string of the molecule is Cc1ccc(-c2ccc(C[C@H](NC(=O)C3CCCN(c4ncnc(N(C)Cc5ccccc5)c4F)C3)C(=O)O)cc2)cc1. The van der Waals surface area contributed by atoms with Gasteiger partial charge in [0, 0.05) is 33.1 Å². The number of amides is 1. The van der Waals surface area contributed by atoms with Gasteiger partial charge in [0.15, 0.2) is 11.6 Å². The van der Waals surface area contributed by atoms with E-state index in [2.05, 4.69) is 27.4 Å². The van der Waals surface area contributed by atoms with Crippen molar-refractivity contribution < 1.29 is 19.1 Å². The molecule has 2 heterocycles. The third-order valence-corrected chi connectivity index (χ3v) is 7.86. The molecule has 1 aliphatic rings. The number of aryl methyl sites for hydroxylation is 1. The van der Waals surface area contributed by atoms with E-state index in [1.54, 1.807) is 16.8 Å². The zero-order valence-corrected chi connectivity index (χ0v) is 24.4. The first-order chi connectivity index (χ1) is 20.8. The molecule has 0 radical (unpaired) electrons. The summed E-state index contributed by atoms with van der Waals surface area (Å²) in [6.07, 6.45) is 2.72. The standard InChI is InChI=1S/C34H36FN5O3/c1-23-10-14-26(15-11-23)27-16-12-24(13-17-27)19-29(34(42)43)38-33(41)28-9-6-18-40(21-28)32-30(35)31(36-22-37-32)39(2)20-25-7-4-3-5-8-25/h3-5,7-8,10-17,22,28-29H,6,9,18-21H2,1-2H3,(H,38,41)(H,42,43)/t28?,29-/m0/s1. The van der Waals surface area contributed by atoms with E-state index < -0.39 is 23.7 Å². The molecule has 0 saturated carbocycles. The minimum atomic E-state index is -1.10. The van der Waals surface area contributed by atoms with Crippen molar-refractivity contribution in [2.75, 3.05) is 29.9 Å². The molecule has 8 nitrogen and oxygen atoms in total. The second-order valence-electron chi connectivity index (χ2n) is 11.1. The Balaban J connectivity index is 1.23. The van der Waals surface area contributed by atoms with Crippen LogP contribution in [0, 0.1) is 18.7 Å². The first-order valence-electron chi connectivity index (χ1n) is 14.5. The summed E-state index contributed by atoms with van der Waals surface area (Å²) in [5, 5.41) is 12.6. The Labute approximate surface area is 251 Å². The number of hydrogen-bond donors (Lipinski definition) is 2. The Bertz CT molecular complexity index is 1550. The maximum Gasteiger partial charge on any atom is 0.326 e. The molecule has 1 aromatic heterocycles. The highest BCUT2D eigenvalue weighted by molar-refractivity contribution is 5.85. The average Bonchev–Trinajstić information content (AvgIpc) is 3.02. The van der Waals surface area contributed by atoms with Gasteiger partial charge in [-0.05, 0) is 42.0 Å². The third kappa shape index (κ3) is 7.35. The highest BCUT2D eigenvalue weighted by Gasteiger charge is 2.31. The molecule has 222 valence electrons. The van der Waals surface area contributed by atoms with Crippen molar-refractivity contribution in [3.8, 4) is 11.1 Å². The summed E-state index contributed by atoms with van der Waals surface area (Å²) >= 11 is 0. The summed E-state index contributed by atoms with van der Waals surface area (Å²) in [6, 6.07) is 24.6. The van der Waals surface area contributed by atoms with Gasteiger partial charge in [-0.15, -0.1) is 0 Å². The minimum absolute atomic E-state index is 0.144. The van der Waals surface area contributed by atoms with E-state index in [1.165, 1.54) is 11.9 Å². The number of carboxylic acid groups (broad SMARTS) is 1. The lowest BCUT2D eigenvalue weighted by atomic mass is 9.95. The van der Waals surface area contributed by atoms with E-state index in [-0.39, 0.29) is 30.5 Å². The molecule has 1 amide bonds. The summed E-state index contributed by atoms with van der Waals surface area (Å²) in [4.78, 5) is 37.3. The summed E-state index contributed by atoms with van der Waals surface area (Å²) in [6.45, 7) is 3.29. The van der Waals surface area contributed by atoms with Crippen LogP contribution >= 0.6 is 0 Å². The van der Waals surface area contributed by atoms with Gasteiger partial charge in [-0.3, -0.25) is 4.79 Å². The van der Waals surface area contributed by atoms with Crippen molar-refractivity contribution in [1.82, 2.24) is 15.3 Å². The normalized spacial score (nSPS) is 15.5. The number of halogens is 1. The summed E-state index contributed by atoms with van der Waals surface area (Å²) in [5.41, 5.74) is 5.13. The molecule has 1 unspecified atom stereocenters. The lowest BCUT2D eigenvalue weighted by Crippen LogP contribution is -2.49. The van der Waals surface area contributed by atoms with Crippen molar-refractivity contribution in [2.24, 2.45) is 5.92 Å². The Morgan fingerprint density at radius 1 is 1.00 bits per heavy atom. The van der Waals surface area contributed by atoms with Gasteiger partial charge in [0.25, 0.3) is 0 Å². The smallest absolute Gasteiger partial charge is 0.326 e. The van der Waals surface area contributed by atoms with Gasteiger partial charge in [0.05, 0.1) is 5.92 Å². The monoisotopic (exact) mass is 581 g/mol. The van der Waals surface area contributed by atoms with E-state index in [1.807, 2.05) is 73.7 Å². The number of rotatable bonds is 10. The number of nitrogens with zero attached hydrogens (tertiary/aromatic N) is 4. The molecule has 0 spiro atoms. The first kappa shape index (κ1) is 29.7. The first-order valence-corrected chi connectivity index (χ1v) is 14.5. The number of aromatic nitrogens is 2. The third-order valence-electron chi connectivity index (χ3n) is 7.86. The number of carbonyl (C=O) groups is 2. The molecule has 1 saturated heterocycles. The molecule has 5 rings (SSSR count). The van der Waals surface area contributed by atoms with Gasteiger partial charge < -0.3 is 20.2 Å². The number of benzene rings is 3. The van der Waals surface area contributed by atoms with Gasteiger partial charge in [-0.25, -0.2) is 14.8 Å².